The topological polar surface area (TPSA) is 103 Å². The van der Waals surface area contributed by atoms with Crippen molar-refractivity contribution in [2.75, 3.05) is 19.7 Å². The summed E-state index contributed by atoms with van der Waals surface area (Å²) in [7, 11) is -4.28. The minimum absolute atomic E-state index is 0.0354. The fourth-order valence-corrected chi connectivity index (χ4v) is 7.20. The lowest BCUT2D eigenvalue weighted by Crippen LogP contribution is -2.59. The fourth-order valence-electron chi connectivity index (χ4n) is 5.24. The van der Waals surface area contributed by atoms with Crippen LogP contribution in [0.1, 0.15) is 44.9 Å². The monoisotopic (exact) mass is 634 g/mol. The van der Waals surface area contributed by atoms with Crippen LogP contribution >= 0.6 is 0 Å². The highest BCUT2D eigenvalue weighted by Gasteiger charge is 2.53. The van der Waals surface area contributed by atoms with Gasteiger partial charge in [-0.25, -0.2) is 18.7 Å². The Bertz CT molecular complexity index is 1440. The van der Waals surface area contributed by atoms with E-state index >= 15 is 0 Å². The molecule has 0 saturated carbocycles. The zero-order chi connectivity index (χ0) is 31.8. The molecule has 0 aliphatic carbocycles. The van der Waals surface area contributed by atoms with Crippen molar-refractivity contribution in [1.29, 1.82) is 0 Å². The van der Waals surface area contributed by atoms with Gasteiger partial charge in [-0.05, 0) is 74.2 Å². The first kappa shape index (κ1) is 33.1. The predicted octanol–water partition coefficient (Wildman–Crippen LogP) is 4.98. The van der Waals surface area contributed by atoms with Crippen molar-refractivity contribution in [2.45, 2.75) is 73.3 Å². The highest BCUT2D eigenvalue weighted by Crippen LogP contribution is 2.38. The molecule has 2 aliphatic rings. The van der Waals surface area contributed by atoms with Gasteiger partial charge in [0.15, 0.2) is 20.9 Å². The van der Waals surface area contributed by atoms with Gasteiger partial charge in [0.1, 0.15) is 17.2 Å². The second-order valence-electron chi connectivity index (χ2n) is 10.4. The number of carbonyl (C=O) groups is 1. The minimum Gasteiger partial charge on any atom is -0.457 e. The zero-order valence-corrected chi connectivity index (χ0v) is 24.7. The summed E-state index contributed by atoms with van der Waals surface area (Å²) in [6.07, 6.45) is 8.54. The van der Waals surface area contributed by atoms with Crippen LogP contribution in [0, 0.1) is 24.7 Å². The number of hydroxylamine groups is 1. The Morgan fingerprint density at radius 3 is 2.09 bits per heavy atom. The summed E-state index contributed by atoms with van der Waals surface area (Å²) in [4.78, 5) is 21.1. The van der Waals surface area contributed by atoms with E-state index in [1.165, 1.54) is 36.4 Å². The van der Waals surface area contributed by atoms with Gasteiger partial charge in [-0.2, -0.15) is 0 Å². The number of piperidine rings is 1. The molecule has 0 spiro atoms. The fraction of sp³-hybridized carbons (Fsp3) is 0.452. The number of hydrogen-bond acceptors (Lipinski definition) is 8. The van der Waals surface area contributed by atoms with E-state index in [4.69, 9.17) is 27.2 Å². The number of carbonyl (C=O) groups excluding carboxylic acids is 1. The molecule has 236 valence electrons. The van der Waals surface area contributed by atoms with Gasteiger partial charge in [-0.15, -0.1) is 37.9 Å². The van der Waals surface area contributed by atoms with Gasteiger partial charge in [0.25, 0.3) is 5.91 Å². The van der Waals surface area contributed by atoms with Gasteiger partial charge >= 0.3 is 6.36 Å². The standard InChI is InChI=1S/C31H33F3N2O7S/c1-3-7-23(8-4-2)36-20-18-30(19-21-36,29(37)35-43-28-9-5-6-22-40-28)44(38,39)27-16-14-25(15-17-27)41-24-10-12-26(13-11-24)42-31(32,33)34/h1-2,10-17,23,28H,5-9,18-22H2,(H,35,37). The van der Waals surface area contributed by atoms with E-state index in [-0.39, 0.29) is 48.4 Å². The Labute approximate surface area is 254 Å². The van der Waals surface area contributed by atoms with Gasteiger partial charge in [0.2, 0.25) is 0 Å². The number of likely N-dealkylation sites (tertiary alicyclic amines) is 1. The first-order valence-corrected chi connectivity index (χ1v) is 15.5. The van der Waals surface area contributed by atoms with Crippen LogP contribution in [0.4, 0.5) is 13.2 Å². The van der Waals surface area contributed by atoms with E-state index in [0.29, 0.717) is 25.9 Å². The summed E-state index contributed by atoms with van der Waals surface area (Å²) in [6, 6.07) is 10.0. The molecule has 2 saturated heterocycles. The largest absolute Gasteiger partial charge is 0.573 e. The van der Waals surface area contributed by atoms with Gasteiger partial charge < -0.3 is 14.2 Å². The first-order valence-electron chi connectivity index (χ1n) is 14.0. The third kappa shape index (κ3) is 8.04. The third-order valence-electron chi connectivity index (χ3n) is 7.61. The summed E-state index contributed by atoms with van der Waals surface area (Å²) in [5.74, 6) is 4.44. The van der Waals surface area contributed by atoms with E-state index in [2.05, 4.69) is 22.1 Å². The second kappa shape index (κ2) is 14.4. The number of terminal acetylenes is 2. The summed E-state index contributed by atoms with van der Waals surface area (Å²) in [6.45, 7) is 0.996. The first-order chi connectivity index (χ1) is 21.0. The van der Waals surface area contributed by atoms with Crippen LogP contribution in [0.5, 0.6) is 17.2 Å². The van der Waals surface area contributed by atoms with Gasteiger partial charge in [0, 0.05) is 45.0 Å². The lowest BCUT2D eigenvalue weighted by Gasteiger charge is -2.42. The summed E-state index contributed by atoms with van der Waals surface area (Å²) >= 11 is 0. The Kier molecular flexibility index (Phi) is 10.8. The highest BCUT2D eigenvalue weighted by atomic mass is 32.2. The highest BCUT2D eigenvalue weighted by molar-refractivity contribution is 7.93. The molecule has 2 heterocycles. The van der Waals surface area contributed by atoms with Crippen LogP contribution in [0.2, 0.25) is 0 Å². The number of hydrogen-bond donors (Lipinski definition) is 1. The van der Waals surface area contributed by atoms with Crippen LogP contribution in [0.25, 0.3) is 0 Å². The summed E-state index contributed by atoms with van der Waals surface area (Å²) < 4.78 is 78.8. The Morgan fingerprint density at radius 2 is 1.57 bits per heavy atom. The molecule has 2 aromatic carbocycles. The maximum atomic E-state index is 14.2. The molecule has 4 rings (SSSR count). The van der Waals surface area contributed by atoms with Crippen LogP contribution in [-0.2, 0) is 24.2 Å². The molecule has 2 fully saturated rings. The van der Waals surface area contributed by atoms with E-state index in [1.807, 2.05) is 4.90 Å². The van der Waals surface area contributed by atoms with Crippen molar-refractivity contribution >= 4 is 15.7 Å². The van der Waals surface area contributed by atoms with Crippen molar-refractivity contribution in [3.8, 4) is 41.9 Å². The molecule has 9 nitrogen and oxygen atoms in total. The molecule has 44 heavy (non-hydrogen) atoms. The normalized spacial score (nSPS) is 19.0. The summed E-state index contributed by atoms with van der Waals surface area (Å²) in [5, 5.41) is 0. The molecular formula is C31H33F3N2O7S. The van der Waals surface area contributed by atoms with E-state index in [9.17, 15) is 26.4 Å². The Hall–Kier alpha value is -3.75. The van der Waals surface area contributed by atoms with E-state index < -0.39 is 38.9 Å². The predicted molar refractivity (Wildman–Crippen MR) is 154 cm³/mol. The average Bonchev–Trinajstić information content (AvgIpc) is 3.01. The maximum Gasteiger partial charge on any atom is 0.573 e. The SMILES string of the molecule is C#CCC(CC#C)N1CCC(C(=O)NOC2CCCCO2)(S(=O)(=O)c2ccc(Oc3ccc(OC(F)(F)F)cc3)cc2)CC1. The third-order valence-corrected chi connectivity index (χ3v) is 10.1. The number of sulfone groups is 1. The average molecular weight is 635 g/mol. The summed E-state index contributed by atoms with van der Waals surface area (Å²) in [5.41, 5.74) is 2.36. The van der Waals surface area contributed by atoms with Crippen LogP contribution in [0.15, 0.2) is 53.4 Å². The van der Waals surface area contributed by atoms with Gasteiger partial charge in [0.05, 0.1) is 4.90 Å². The Morgan fingerprint density at radius 1 is 1.00 bits per heavy atom. The number of rotatable bonds is 11. The number of nitrogens with zero attached hydrogens (tertiary/aromatic N) is 1. The van der Waals surface area contributed by atoms with Crippen LogP contribution < -0.4 is 15.0 Å². The minimum atomic E-state index is -4.82. The number of ether oxygens (including phenoxy) is 3. The van der Waals surface area contributed by atoms with Crippen LogP contribution in [-0.4, -0.2) is 62.4 Å². The van der Waals surface area contributed by atoms with Crippen molar-refractivity contribution in [1.82, 2.24) is 10.4 Å². The number of amides is 1. The number of nitrogens with one attached hydrogen (secondary N) is 1. The molecule has 1 amide bonds. The molecule has 2 aliphatic heterocycles. The Balaban J connectivity index is 1.53. The van der Waals surface area contributed by atoms with Crippen molar-refractivity contribution in [2.24, 2.45) is 0 Å². The number of alkyl halides is 3. The molecular weight excluding hydrogens is 601 g/mol. The van der Waals surface area contributed by atoms with Gasteiger partial charge in [-0.3, -0.25) is 9.69 Å². The number of benzene rings is 2. The number of halogens is 3. The van der Waals surface area contributed by atoms with Gasteiger partial charge in [-0.1, -0.05) is 0 Å². The molecule has 1 N–H and O–H groups in total. The lowest BCUT2D eigenvalue weighted by molar-refractivity contribution is -0.274. The van der Waals surface area contributed by atoms with Crippen molar-refractivity contribution < 1.29 is 45.4 Å². The zero-order valence-electron chi connectivity index (χ0n) is 23.8. The smallest absolute Gasteiger partial charge is 0.457 e. The quantitative estimate of drug-likeness (QED) is 0.273. The molecule has 1 atom stereocenters. The maximum absolute atomic E-state index is 14.2. The van der Waals surface area contributed by atoms with Crippen molar-refractivity contribution in [3.05, 3.63) is 48.5 Å². The molecule has 2 aromatic rings. The van der Waals surface area contributed by atoms with E-state index in [1.54, 1.807) is 0 Å². The molecule has 0 radical (unpaired) electrons. The van der Waals surface area contributed by atoms with E-state index in [0.717, 1.165) is 25.0 Å². The molecule has 0 bridgehead atoms. The van der Waals surface area contributed by atoms with Crippen LogP contribution in [0.3, 0.4) is 0 Å². The molecule has 1 unspecified atom stereocenters. The molecule has 0 aromatic heterocycles. The second-order valence-corrected chi connectivity index (χ2v) is 12.7. The van der Waals surface area contributed by atoms with Crippen molar-refractivity contribution in [3.63, 3.8) is 0 Å². The molecule has 13 heteroatoms. The lowest BCUT2D eigenvalue weighted by atomic mass is 9.93.